The van der Waals surface area contributed by atoms with E-state index >= 15 is 0 Å². The Morgan fingerprint density at radius 2 is 2.09 bits per heavy atom. The first-order valence-corrected chi connectivity index (χ1v) is 8.19. The normalized spacial score (nSPS) is 21.2. The Kier molecular flexibility index (Phi) is 3.94. The highest BCUT2D eigenvalue weighted by Gasteiger charge is 2.26. The molecule has 0 radical (unpaired) electrons. The van der Waals surface area contributed by atoms with Gasteiger partial charge in [-0.25, -0.2) is 13.1 Å². The maximum absolute atomic E-state index is 12.3. The van der Waals surface area contributed by atoms with Gasteiger partial charge in [0.1, 0.15) is 6.61 Å². The van der Waals surface area contributed by atoms with Gasteiger partial charge in [-0.15, -0.1) is 0 Å². The van der Waals surface area contributed by atoms with E-state index < -0.39 is 10.0 Å². The van der Waals surface area contributed by atoms with Gasteiger partial charge in [0.05, 0.1) is 11.0 Å². The van der Waals surface area contributed by atoms with Crippen LogP contribution in [0.4, 0.5) is 0 Å². The third-order valence-corrected chi connectivity index (χ3v) is 4.92. The number of amides is 1. The minimum atomic E-state index is -3.68. The highest BCUT2D eigenvalue weighted by molar-refractivity contribution is 7.89. The summed E-state index contributed by atoms with van der Waals surface area (Å²) in [4.78, 5) is 12.9. The summed E-state index contributed by atoms with van der Waals surface area (Å²) in [6.07, 6.45) is -0.369. The molecule has 120 valence electrons. The molecule has 1 saturated heterocycles. The number of sulfonamides is 1. The van der Waals surface area contributed by atoms with E-state index in [1.54, 1.807) is 13.1 Å². The minimum Gasteiger partial charge on any atom is -0.454 e. The Morgan fingerprint density at radius 3 is 2.86 bits per heavy atom. The van der Waals surface area contributed by atoms with Crippen molar-refractivity contribution in [3.63, 3.8) is 0 Å². The first-order valence-electron chi connectivity index (χ1n) is 6.70. The molecule has 1 fully saturated rings. The van der Waals surface area contributed by atoms with Crippen LogP contribution < -0.4 is 14.2 Å². The number of carbonyl (C=O) groups excluding carboxylic acids is 1. The number of hydrogen-bond acceptors (Lipinski definition) is 6. The van der Waals surface area contributed by atoms with E-state index in [2.05, 4.69) is 4.72 Å². The Bertz CT molecular complexity index is 690. The van der Waals surface area contributed by atoms with Crippen molar-refractivity contribution in [2.75, 3.05) is 33.5 Å². The average Bonchev–Trinajstić information content (AvgIpc) is 2.96. The fraction of sp³-hybridized carbons (Fsp3) is 0.462. The van der Waals surface area contributed by atoms with Gasteiger partial charge in [-0.05, 0) is 12.1 Å². The number of fused-ring (bicyclic) bond motifs is 1. The summed E-state index contributed by atoms with van der Waals surface area (Å²) in [7, 11) is -2.02. The van der Waals surface area contributed by atoms with Crippen LogP contribution in [0.1, 0.15) is 0 Å². The molecule has 9 heteroatoms. The Hall–Kier alpha value is -1.84. The van der Waals surface area contributed by atoms with E-state index in [4.69, 9.17) is 14.2 Å². The summed E-state index contributed by atoms with van der Waals surface area (Å²) in [5, 5.41) is 0. The fourth-order valence-corrected chi connectivity index (χ4v) is 3.29. The van der Waals surface area contributed by atoms with Crippen molar-refractivity contribution in [2.45, 2.75) is 11.0 Å². The van der Waals surface area contributed by atoms with Crippen molar-refractivity contribution in [3.8, 4) is 11.5 Å². The molecule has 0 spiro atoms. The summed E-state index contributed by atoms with van der Waals surface area (Å²) >= 11 is 0. The summed E-state index contributed by atoms with van der Waals surface area (Å²) < 4.78 is 42.7. The van der Waals surface area contributed by atoms with Crippen molar-refractivity contribution in [2.24, 2.45) is 0 Å². The lowest BCUT2D eigenvalue weighted by atomic mass is 10.3. The number of carbonyl (C=O) groups is 1. The molecule has 1 atom stereocenters. The highest BCUT2D eigenvalue weighted by Crippen LogP contribution is 2.33. The summed E-state index contributed by atoms with van der Waals surface area (Å²) in [6, 6.07) is 4.43. The monoisotopic (exact) mass is 328 g/mol. The zero-order valence-electron chi connectivity index (χ0n) is 11.9. The third-order valence-electron chi connectivity index (χ3n) is 3.50. The van der Waals surface area contributed by atoms with Gasteiger partial charge >= 0.3 is 0 Å². The molecule has 0 aliphatic carbocycles. The molecule has 1 aromatic rings. The van der Waals surface area contributed by atoms with E-state index in [1.165, 1.54) is 17.0 Å². The maximum Gasteiger partial charge on any atom is 0.248 e. The predicted octanol–water partition coefficient (Wildman–Crippen LogP) is -0.449. The molecule has 1 amide bonds. The van der Waals surface area contributed by atoms with Crippen molar-refractivity contribution in [3.05, 3.63) is 18.2 Å². The van der Waals surface area contributed by atoms with E-state index in [0.717, 1.165) is 0 Å². The van der Waals surface area contributed by atoms with Gasteiger partial charge in [0, 0.05) is 26.2 Å². The number of benzene rings is 1. The molecular formula is C13H16N2O6S. The molecule has 1 N–H and O–H groups in total. The van der Waals surface area contributed by atoms with E-state index in [1.807, 2.05) is 0 Å². The molecule has 0 bridgehead atoms. The van der Waals surface area contributed by atoms with E-state index in [0.29, 0.717) is 18.0 Å². The first kappa shape index (κ1) is 15.1. The number of rotatable bonds is 4. The van der Waals surface area contributed by atoms with Crippen LogP contribution in [0.3, 0.4) is 0 Å². The lowest BCUT2D eigenvalue weighted by molar-refractivity contribution is -0.146. The zero-order chi connectivity index (χ0) is 15.7. The van der Waals surface area contributed by atoms with Gasteiger partial charge < -0.3 is 19.1 Å². The van der Waals surface area contributed by atoms with Crippen molar-refractivity contribution in [1.29, 1.82) is 0 Å². The predicted molar refractivity (Wildman–Crippen MR) is 75.1 cm³/mol. The third kappa shape index (κ3) is 3.01. The molecule has 2 aliphatic heterocycles. The van der Waals surface area contributed by atoms with Crippen molar-refractivity contribution < 1.29 is 27.4 Å². The Balaban J connectivity index is 1.65. The topological polar surface area (TPSA) is 94.2 Å². The van der Waals surface area contributed by atoms with Gasteiger partial charge in [-0.3, -0.25) is 4.79 Å². The molecule has 8 nitrogen and oxygen atoms in total. The van der Waals surface area contributed by atoms with E-state index in [9.17, 15) is 13.2 Å². The fourth-order valence-electron chi connectivity index (χ4n) is 2.21. The second-order valence-electron chi connectivity index (χ2n) is 5.07. The number of nitrogens with zero attached hydrogens (tertiary/aromatic N) is 1. The van der Waals surface area contributed by atoms with Gasteiger partial charge in [0.15, 0.2) is 11.5 Å². The van der Waals surface area contributed by atoms with Crippen LogP contribution in [-0.4, -0.2) is 58.9 Å². The SMILES string of the molecule is CN1CC(CNS(=O)(=O)c2ccc3c(c2)OCO3)OCC1=O. The molecule has 1 unspecified atom stereocenters. The molecule has 0 saturated carbocycles. The number of likely N-dealkylation sites (N-methyl/N-ethyl adjacent to an activating group) is 1. The maximum atomic E-state index is 12.3. The lowest BCUT2D eigenvalue weighted by Gasteiger charge is -2.29. The highest BCUT2D eigenvalue weighted by atomic mass is 32.2. The number of ether oxygens (including phenoxy) is 3. The van der Waals surface area contributed by atoms with Crippen LogP contribution in [0.2, 0.25) is 0 Å². The molecule has 1 aromatic carbocycles. The van der Waals surface area contributed by atoms with Crippen LogP contribution in [-0.2, 0) is 19.6 Å². The number of morpholine rings is 1. The van der Waals surface area contributed by atoms with Gasteiger partial charge in [0.25, 0.3) is 0 Å². The molecule has 22 heavy (non-hydrogen) atoms. The molecule has 0 aromatic heterocycles. The van der Waals surface area contributed by atoms with Crippen LogP contribution >= 0.6 is 0 Å². The summed E-state index contributed by atoms with van der Waals surface area (Å²) in [6.45, 7) is 0.492. The Morgan fingerprint density at radius 1 is 1.32 bits per heavy atom. The number of hydrogen-bond donors (Lipinski definition) is 1. The Labute approximate surface area is 128 Å². The molecule has 2 heterocycles. The molecule has 3 rings (SSSR count). The quantitative estimate of drug-likeness (QED) is 0.805. The number of nitrogens with one attached hydrogen (secondary N) is 1. The van der Waals surface area contributed by atoms with Crippen LogP contribution in [0, 0.1) is 0 Å². The standard InChI is InChI=1S/C13H16N2O6S/c1-15-6-9(19-7-13(15)16)5-14-22(17,18)10-2-3-11-12(4-10)21-8-20-11/h2-4,9,14H,5-8H2,1H3. The van der Waals surface area contributed by atoms with Gasteiger partial charge in [0.2, 0.25) is 22.7 Å². The molecular weight excluding hydrogens is 312 g/mol. The smallest absolute Gasteiger partial charge is 0.248 e. The molecule has 2 aliphatic rings. The van der Waals surface area contributed by atoms with Gasteiger partial charge in [-0.2, -0.15) is 0 Å². The minimum absolute atomic E-state index is 0.0348. The summed E-state index contributed by atoms with van der Waals surface area (Å²) in [5.74, 6) is 0.812. The lowest BCUT2D eigenvalue weighted by Crippen LogP contribution is -2.48. The second kappa shape index (κ2) is 5.75. The first-order chi connectivity index (χ1) is 10.5. The van der Waals surface area contributed by atoms with Gasteiger partial charge in [-0.1, -0.05) is 0 Å². The van der Waals surface area contributed by atoms with Crippen molar-refractivity contribution >= 4 is 15.9 Å². The largest absolute Gasteiger partial charge is 0.454 e. The van der Waals surface area contributed by atoms with Crippen LogP contribution in [0.15, 0.2) is 23.1 Å². The van der Waals surface area contributed by atoms with Crippen LogP contribution in [0.5, 0.6) is 11.5 Å². The van der Waals surface area contributed by atoms with Crippen LogP contribution in [0.25, 0.3) is 0 Å². The van der Waals surface area contributed by atoms with E-state index in [-0.39, 0.29) is 36.9 Å². The second-order valence-corrected chi connectivity index (χ2v) is 6.84. The van der Waals surface area contributed by atoms with Crippen molar-refractivity contribution in [1.82, 2.24) is 9.62 Å². The zero-order valence-corrected chi connectivity index (χ0v) is 12.8. The average molecular weight is 328 g/mol. The summed E-state index contributed by atoms with van der Waals surface area (Å²) in [5.41, 5.74) is 0.